The Morgan fingerprint density at radius 3 is 1.82 bits per heavy atom. The van der Waals surface area contributed by atoms with Gasteiger partial charge in [0.2, 0.25) is 0 Å². The van der Waals surface area contributed by atoms with Gasteiger partial charge in [-0.05, 0) is 32.0 Å². The van der Waals surface area contributed by atoms with Crippen LogP contribution in [0.4, 0.5) is 0 Å². The Kier molecular flexibility index (Phi) is 1.33. The lowest BCUT2D eigenvalue weighted by molar-refractivity contribution is 1.69. The molecule has 2 rings (SSSR count). The summed E-state index contributed by atoms with van der Waals surface area (Å²) in [5.41, 5.74) is 0. The minimum absolute atomic E-state index is 1.09. The molecule has 11 heavy (non-hydrogen) atoms. The molecule has 2 aromatic rings. The molecule has 0 fully saturated rings. The molecule has 0 atom stereocenters. The molecule has 0 nitrogen and oxygen atoms in total. The molecular weight excluding hydrogens is 152 g/mol. The molecule has 0 saturated heterocycles. The molecule has 0 N–H and O–H groups in total. The first-order valence-corrected chi connectivity index (χ1v) is 4.36. The Morgan fingerprint density at radius 1 is 0.909 bits per heavy atom. The maximum Gasteiger partial charge on any atom is -0.000432 e. The largest absolute Gasteiger partial charge is 0.151 e. The van der Waals surface area contributed by atoms with Gasteiger partial charge in [-0.3, -0.25) is 0 Å². The van der Waals surface area contributed by atoms with Crippen LogP contribution < -0.4 is 10.4 Å². The molecule has 0 amide bonds. The highest BCUT2D eigenvalue weighted by Gasteiger charge is 1.93. The van der Waals surface area contributed by atoms with Gasteiger partial charge in [-0.25, -0.2) is 0 Å². The second-order valence-electron chi connectivity index (χ2n) is 2.58. The van der Waals surface area contributed by atoms with Gasteiger partial charge in [-0.2, -0.15) is 11.3 Å². The number of rotatable bonds is 0. The molecule has 0 aliphatic heterocycles. The SMILES string of the molecule is C=c1ccc(=C)c2cscc12. The quantitative estimate of drug-likeness (QED) is 0.550. The summed E-state index contributed by atoms with van der Waals surface area (Å²) in [4.78, 5) is 0. The smallest absolute Gasteiger partial charge is 0.000432 e. The van der Waals surface area contributed by atoms with Crippen LogP contribution in [0.1, 0.15) is 0 Å². The van der Waals surface area contributed by atoms with Crippen LogP contribution in [0.3, 0.4) is 0 Å². The predicted octanol–water partition coefficient (Wildman–Crippen LogP) is 1.72. The third-order valence-corrected chi connectivity index (χ3v) is 2.58. The van der Waals surface area contributed by atoms with E-state index in [4.69, 9.17) is 0 Å². The zero-order valence-electron chi connectivity index (χ0n) is 6.13. The monoisotopic (exact) mass is 160 g/mol. The predicted molar refractivity (Wildman–Crippen MR) is 52.1 cm³/mol. The van der Waals surface area contributed by atoms with Gasteiger partial charge in [0.25, 0.3) is 0 Å². The van der Waals surface area contributed by atoms with Gasteiger partial charge < -0.3 is 0 Å². The zero-order valence-corrected chi connectivity index (χ0v) is 6.95. The number of benzene rings is 1. The van der Waals surface area contributed by atoms with Crippen LogP contribution in [0.2, 0.25) is 0 Å². The second kappa shape index (κ2) is 2.21. The maximum atomic E-state index is 3.94. The van der Waals surface area contributed by atoms with E-state index in [-0.39, 0.29) is 0 Å². The van der Waals surface area contributed by atoms with Crippen molar-refractivity contribution in [2.45, 2.75) is 0 Å². The molecule has 0 aliphatic carbocycles. The summed E-state index contributed by atoms with van der Waals surface area (Å²) in [6.07, 6.45) is 0. The first-order chi connectivity index (χ1) is 5.29. The van der Waals surface area contributed by atoms with Crippen molar-refractivity contribution in [1.82, 2.24) is 0 Å². The fourth-order valence-electron chi connectivity index (χ4n) is 1.18. The standard InChI is InChI=1S/C10H8S/c1-7-3-4-8(2)10-6-11-5-9(7)10/h3-6H,1-2H2. The summed E-state index contributed by atoms with van der Waals surface area (Å²) < 4.78 is 0. The van der Waals surface area contributed by atoms with Crippen molar-refractivity contribution in [2.75, 3.05) is 0 Å². The molecule has 1 aromatic carbocycles. The first-order valence-electron chi connectivity index (χ1n) is 3.42. The highest BCUT2D eigenvalue weighted by Crippen LogP contribution is 2.10. The summed E-state index contributed by atoms with van der Waals surface area (Å²) in [6, 6.07) is 4.02. The van der Waals surface area contributed by atoms with E-state index in [2.05, 4.69) is 23.9 Å². The van der Waals surface area contributed by atoms with Gasteiger partial charge in [0.05, 0.1) is 0 Å². The molecule has 54 valence electrons. The van der Waals surface area contributed by atoms with E-state index >= 15 is 0 Å². The van der Waals surface area contributed by atoms with Crippen molar-refractivity contribution in [1.29, 1.82) is 0 Å². The molecule has 1 aromatic heterocycles. The van der Waals surface area contributed by atoms with E-state index in [1.165, 1.54) is 10.8 Å². The highest BCUT2D eigenvalue weighted by atomic mass is 32.1. The Balaban J connectivity index is 3.21. The van der Waals surface area contributed by atoms with Crippen LogP contribution in [0.5, 0.6) is 0 Å². The molecule has 0 spiro atoms. The summed E-state index contributed by atoms with van der Waals surface area (Å²) in [7, 11) is 0. The normalized spacial score (nSPS) is 10.5. The van der Waals surface area contributed by atoms with E-state index in [9.17, 15) is 0 Å². The van der Waals surface area contributed by atoms with Crippen molar-refractivity contribution >= 4 is 35.3 Å². The summed E-state index contributed by atoms with van der Waals surface area (Å²) >= 11 is 1.70. The van der Waals surface area contributed by atoms with Crippen molar-refractivity contribution in [3.05, 3.63) is 33.3 Å². The van der Waals surface area contributed by atoms with Crippen molar-refractivity contribution in [2.24, 2.45) is 0 Å². The summed E-state index contributed by atoms with van der Waals surface area (Å²) in [6.45, 7) is 7.88. The number of thiophene rings is 1. The van der Waals surface area contributed by atoms with Crippen molar-refractivity contribution < 1.29 is 0 Å². The van der Waals surface area contributed by atoms with Gasteiger partial charge >= 0.3 is 0 Å². The molecule has 0 bridgehead atoms. The van der Waals surface area contributed by atoms with Gasteiger partial charge in [0, 0.05) is 0 Å². The van der Waals surface area contributed by atoms with E-state index in [1.54, 1.807) is 11.3 Å². The van der Waals surface area contributed by atoms with E-state index in [0.29, 0.717) is 0 Å². The van der Waals surface area contributed by atoms with Crippen LogP contribution in [-0.4, -0.2) is 0 Å². The van der Waals surface area contributed by atoms with E-state index in [1.807, 2.05) is 12.1 Å². The Bertz CT molecular complexity index is 435. The van der Waals surface area contributed by atoms with Gasteiger partial charge in [0.1, 0.15) is 0 Å². The fraction of sp³-hybridized carbons (Fsp3) is 0. The lowest BCUT2D eigenvalue weighted by atomic mass is 10.1. The molecule has 1 heterocycles. The molecule has 1 heteroatoms. The average molecular weight is 160 g/mol. The number of fused-ring (bicyclic) bond motifs is 1. The topological polar surface area (TPSA) is 0 Å². The zero-order chi connectivity index (χ0) is 7.84. The van der Waals surface area contributed by atoms with Gasteiger partial charge in [0.15, 0.2) is 0 Å². The molecule has 0 radical (unpaired) electrons. The Hall–Kier alpha value is -1.08. The van der Waals surface area contributed by atoms with E-state index in [0.717, 1.165) is 10.4 Å². The minimum atomic E-state index is 1.09. The molecule has 0 aliphatic rings. The Labute approximate surface area is 69.1 Å². The number of hydrogen-bond acceptors (Lipinski definition) is 1. The van der Waals surface area contributed by atoms with Gasteiger partial charge in [-0.1, -0.05) is 25.3 Å². The third kappa shape index (κ3) is 0.889. The third-order valence-electron chi connectivity index (χ3n) is 1.84. The lowest BCUT2D eigenvalue weighted by Gasteiger charge is -1.89. The van der Waals surface area contributed by atoms with Crippen LogP contribution in [0.25, 0.3) is 23.9 Å². The van der Waals surface area contributed by atoms with Gasteiger partial charge in [-0.15, -0.1) is 0 Å². The van der Waals surface area contributed by atoms with Crippen LogP contribution in [-0.2, 0) is 0 Å². The van der Waals surface area contributed by atoms with E-state index < -0.39 is 0 Å². The fourth-order valence-corrected chi connectivity index (χ4v) is 2.07. The minimum Gasteiger partial charge on any atom is -0.151 e. The number of hydrogen-bond donors (Lipinski definition) is 0. The van der Waals surface area contributed by atoms with Crippen LogP contribution >= 0.6 is 11.3 Å². The van der Waals surface area contributed by atoms with Crippen molar-refractivity contribution in [3.63, 3.8) is 0 Å². The Morgan fingerprint density at radius 2 is 1.36 bits per heavy atom. The molecule has 0 saturated carbocycles. The highest BCUT2D eigenvalue weighted by molar-refractivity contribution is 7.09. The molecular formula is C10H8S. The van der Waals surface area contributed by atoms with Crippen molar-refractivity contribution in [3.8, 4) is 0 Å². The van der Waals surface area contributed by atoms with Crippen LogP contribution in [0, 0.1) is 0 Å². The first kappa shape index (κ1) is 6.62. The molecule has 0 unspecified atom stereocenters. The lowest BCUT2D eigenvalue weighted by Crippen LogP contribution is -2.05. The van der Waals surface area contributed by atoms with Crippen LogP contribution in [0.15, 0.2) is 22.9 Å². The summed E-state index contributed by atoms with van der Waals surface area (Å²) in [5, 5.41) is 8.89. The maximum absolute atomic E-state index is 3.94. The summed E-state index contributed by atoms with van der Waals surface area (Å²) in [5.74, 6) is 0. The average Bonchev–Trinajstić information content (AvgIpc) is 2.45. The second-order valence-corrected chi connectivity index (χ2v) is 3.33.